The van der Waals surface area contributed by atoms with E-state index in [1.807, 2.05) is 36.1 Å². The zero-order chi connectivity index (χ0) is 13.1. The van der Waals surface area contributed by atoms with E-state index in [-0.39, 0.29) is 0 Å². The zero-order valence-electron chi connectivity index (χ0n) is 10.7. The second kappa shape index (κ2) is 5.80. The summed E-state index contributed by atoms with van der Waals surface area (Å²) in [5, 5.41) is 28.9. The fourth-order valence-electron chi connectivity index (χ4n) is 2.29. The molecule has 1 aromatic carbocycles. The molecule has 100 valence electrons. The number of benzene rings is 1. The Labute approximate surface area is 107 Å². The first-order valence-corrected chi connectivity index (χ1v) is 6.39. The van der Waals surface area contributed by atoms with E-state index >= 15 is 0 Å². The molecule has 1 aliphatic heterocycles. The van der Waals surface area contributed by atoms with Crippen LogP contribution in [0.4, 0.5) is 0 Å². The van der Waals surface area contributed by atoms with Gasteiger partial charge in [-0.15, -0.1) is 0 Å². The van der Waals surface area contributed by atoms with Crippen LogP contribution >= 0.6 is 0 Å². The summed E-state index contributed by atoms with van der Waals surface area (Å²) in [5.74, 6) is 0. The van der Waals surface area contributed by atoms with Gasteiger partial charge in [-0.3, -0.25) is 4.90 Å². The Balaban J connectivity index is 1.81. The lowest BCUT2D eigenvalue weighted by Crippen LogP contribution is -2.24. The molecule has 0 spiro atoms. The van der Waals surface area contributed by atoms with Crippen LogP contribution in [0, 0.1) is 6.92 Å². The molecule has 3 unspecified atom stereocenters. The van der Waals surface area contributed by atoms with Crippen molar-refractivity contribution >= 4 is 0 Å². The number of hydrogen-bond donors (Lipinski definition) is 3. The Bertz CT molecular complexity index is 369. The van der Waals surface area contributed by atoms with Crippen molar-refractivity contribution in [3.05, 3.63) is 35.4 Å². The molecule has 3 atom stereocenters. The molecule has 1 aliphatic rings. The lowest BCUT2D eigenvalue weighted by molar-refractivity contribution is 0.0572. The summed E-state index contributed by atoms with van der Waals surface area (Å²) in [6.07, 6.45) is -1.17. The molecule has 1 saturated heterocycles. The summed E-state index contributed by atoms with van der Waals surface area (Å²) >= 11 is 0. The van der Waals surface area contributed by atoms with E-state index in [0.29, 0.717) is 26.1 Å². The normalized spacial score (nSPS) is 26.4. The lowest BCUT2D eigenvalue weighted by Gasteiger charge is -2.17. The van der Waals surface area contributed by atoms with Gasteiger partial charge in [0.15, 0.2) is 0 Å². The molecular formula is C14H21NO3. The SMILES string of the molecule is Cc1ccc(C(O)CCN2CC(O)C(O)C2)cc1. The Kier molecular flexibility index (Phi) is 4.35. The van der Waals surface area contributed by atoms with Gasteiger partial charge >= 0.3 is 0 Å². The highest BCUT2D eigenvalue weighted by molar-refractivity contribution is 5.23. The van der Waals surface area contributed by atoms with Crippen LogP contribution in [0.1, 0.15) is 23.7 Å². The summed E-state index contributed by atoms with van der Waals surface area (Å²) in [7, 11) is 0. The summed E-state index contributed by atoms with van der Waals surface area (Å²) in [6.45, 7) is 3.68. The van der Waals surface area contributed by atoms with E-state index in [1.54, 1.807) is 0 Å². The van der Waals surface area contributed by atoms with E-state index in [2.05, 4.69) is 0 Å². The second-order valence-electron chi connectivity index (χ2n) is 5.11. The molecule has 1 aromatic rings. The maximum Gasteiger partial charge on any atom is 0.0938 e. The maximum atomic E-state index is 10.1. The highest BCUT2D eigenvalue weighted by Crippen LogP contribution is 2.19. The molecule has 0 amide bonds. The average molecular weight is 251 g/mol. The number of rotatable bonds is 4. The lowest BCUT2D eigenvalue weighted by atomic mass is 10.0. The molecule has 3 N–H and O–H groups in total. The van der Waals surface area contributed by atoms with E-state index < -0.39 is 18.3 Å². The quantitative estimate of drug-likeness (QED) is 0.727. The first kappa shape index (κ1) is 13.5. The molecule has 18 heavy (non-hydrogen) atoms. The number of likely N-dealkylation sites (tertiary alicyclic amines) is 1. The molecular weight excluding hydrogens is 230 g/mol. The minimum atomic E-state index is -0.651. The molecule has 2 rings (SSSR count). The smallest absolute Gasteiger partial charge is 0.0938 e. The third kappa shape index (κ3) is 3.29. The van der Waals surface area contributed by atoms with Crippen LogP contribution < -0.4 is 0 Å². The summed E-state index contributed by atoms with van der Waals surface area (Å²) in [4.78, 5) is 1.98. The van der Waals surface area contributed by atoms with Gasteiger partial charge < -0.3 is 15.3 Å². The van der Waals surface area contributed by atoms with Crippen LogP contribution in [0.5, 0.6) is 0 Å². The number of aliphatic hydroxyl groups excluding tert-OH is 3. The Hall–Kier alpha value is -0.940. The van der Waals surface area contributed by atoms with E-state index in [1.165, 1.54) is 5.56 Å². The van der Waals surface area contributed by atoms with Gasteiger partial charge in [-0.2, -0.15) is 0 Å². The first-order valence-electron chi connectivity index (χ1n) is 6.39. The highest BCUT2D eigenvalue weighted by Gasteiger charge is 2.29. The number of nitrogens with zero attached hydrogens (tertiary/aromatic N) is 1. The number of aryl methyl sites for hydroxylation is 1. The fraction of sp³-hybridized carbons (Fsp3) is 0.571. The maximum absolute atomic E-state index is 10.1. The molecule has 0 saturated carbocycles. The Morgan fingerprint density at radius 2 is 1.72 bits per heavy atom. The predicted octanol–water partition coefficient (Wildman–Crippen LogP) is 0.456. The van der Waals surface area contributed by atoms with E-state index in [0.717, 1.165) is 5.56 Å². The Morgan fingerprint density at radius 3 is 2.28 bits per heavy atom. The first-order chi connectivity index (χ1) is 8.56. The topological polar surface area (TPSA) is 63.9 Å². The van der Waals surface area contributed by atoms with Gasteiger partial charge in [-0.25, -0.2) is 0 Å². The van der Waals surface area contributed by atoms with Gasteiger partial charge in [-0.1, -0.05) is 29.8 Å². The van der Waals surface area contributed by atoms with Crippen molar-refractivity contribution in [3.63, 3.8) is 0 Å². The summed E-state index contributed by atoms with van der Waals surface area (Å²) < 4.78 is 0. The fourth-order valence-corrected chi connectivity index (χ4v) is 2.29. The van der Waals surface area contributed by atoms with Crippen molar-refractivity contribution in [2.24, 2.45) is 0 Å². The largest absolute Gasteiger partial charge is 0.389 e. The highest BCUT2D eigenvalue weighted by atomic mass is 16.3. The van der Waals surface area contributed by atoms with Crippen LogP contribution in [0.2, 0.25) is 0 Å². The third-order valence-corrected chi connectivity index (χ3v) is 3.52. The number of hydrogen-bond acceptors (Lipinski definition) is 4. The molecule has 0 aliphatic carbocycles. The van der Waals surface area contributed by atoms with Gasteiger partial charge in [-0.05, 0) is 18.9 Å². The van der Waals surface area contributed by atoms with Crippen molar-refractivity contribution in [1.29, 1.82) is 0 Å². The molecule has 0 aromatic heterocycles. The van der Waals surface area contributed by atoms with Crippen molar-refractivity contribution in [2.45, 2.75) is 31.7 Å². The minimum Gasteiger partial charge on any atom is -0.389 e. The van der Waals surface area contributed by atoms with Gasteiger partial charge in [0.1, 0.15) is 0 Å². The summed E-state index contributed by atoms with van der Waals surface area (Å²) in [5.41, 5.74) is 2.10. The van der Waals surface area contributed by atoms with Crippen LogP contribution in [-0.2, 0) is 0 Å². The van der Waals surface area contributed by atoms with Crippen molar-refractivity contribution in [1.82, 2.24) is 4.90 Å². The van der Waals surface area contributed by atoms with Crippen LogP contribution in [0.3, 0.4) is 0 Å². The molecule has 4 heteroatoms. The van der Waals surface area contributed by atoms with Crippen molar-refractivity contribution < 1.29 is 15.3 Å². The standard InChI is InChI=1S/C14H21NO3/c1-10-2-4-11(5-3-10)12(16)6-7-15-8-13(17)14(18)9-15/h2-5,12-14,16-18H,6-9H2,1H3. The molecule has 0 bridgehead atoms. The zero-order valence-corrected chi connectivity index (χ0v) is 10.7. The molecule has 0 radical (unpaired) electrons. The van der Waals surface area contributed by atoms with E-state index in [4.69, 9.17) is 0 Å². The second-order valence-corrected chi connectivity index (χ2v) is 5.11. The van der Waals surface area contributed by atoms with Gasteiger partial charge in [0.05, 0.1) is 18.3 Å². The van der Waals surface area contributed by atoms with Crippen molar-refractivity contribution in [3.8, 4) is 0 Å². The average Bonchev–Trinajstić information content (AvgIpc) is 2.67. The van der Waals surface area contributed by atoms with Gasteiger partial charge in [0, 0.05) is 19.6 Å². The summed E-state index contributed by atoms with van der Waals surface area (Å²) in [6, 6.07) is 7.85. The predicted molar refractivity (Wildman–Crippen MR) is 69.2 cm³/mol. The molecule has 1 fully saturated rings. The van der Waals surface area contributed by atoms with Crippen LogP contribution in [0.25, 0.3) is 0 Å². The number of aliphatic hydroxyl groups is 3. The van der Waals surface area contributed by atoms with E-state index in [9.17, 15) is 15.3 Å². The monoisotopic (exact) mass is 251 g/mol. The Morgan fingerprint density at radius 1 is 1.17 bits per heavy atom. The van der Waals surface area contributed by atoms with Crippen molar-refractivity contribution in [2.75, 3.05) is 19.6 Å². The number of β-amino-alcohol motifs (C(OH)–C–C–N with tert-alkyl or cyclic N) is 2. The van der Waals surface area contributed by atoms with Gasteiger partial charge in [0.2, 0.25) is 0 Å². The molecule has 1 heterocycles. The minimum absolute atomic E-state index is 0.486. The van der Waals surface area contributed by atoms with Crippen LogP contribution in [0.15, 0.2) is 24.3 Å². The van der Waals surface area contributed by atoms with Crippen LogP contribution in [-0.4, -0.2) is 52.1 Å². The van der Waals surface area contributed by atoms with Gasteiger partial charge in [0.25, 0.3) is 0 Å². The molecule has 4 nitrogen and oxygen atoms in total. The third-order valence-electron chi connectivity index (χ3n) is 3.52.